The summed E-state index contributed by atoms with van der Waals surface area (Å²) >= 11 is 6.47. The molecule has 1 aromatic heterocycles. The first-order valence-electron chi connectivity index (χ1n) is 13.3. The number of nitrogens with one attached hydrogen (secondary N) is 2. The number of rotatable bonds is 10. The quantitative estimate of drug-likeness (QED) is 0.329. The average molecular weight is 582 g/mol. The molecule has 0 saturated carbocycles. The highest BCUT2D eigenvalue weighted by Gasteiger charge is 2.38. The highest BCUT2D eigenvalue weighted by atomic mass is 35.5. The number of amides is 2. The monoisotopic (exact) mass is 581 g/mol. The van der Waals surface area contributed by atoms with E-state index in [1.165, 1.54) is 18.2 Å². The van der Waals surface area contributed by atoms with Crippen LogP contribution < -0.4 is 15.4 Å². The molecule has 2 aromatic carbocycles. The van der Waals surface area contributed by atoms with E-state index in [1.54, 1.807) is 43.5 Å². The van der Waals surface area contributed by atoms with Crippen molar-refractivity contribution in [3.63, 3.8) is 0 Å². The van der Waals surface area contributed by atoms with Crippen molar-refractivity contribution in [3.05, 3.63) is 70.4 Å². The third kappa shape index (κ3) is 6.28. The molecular formula is C29H32ClN5O6. The number of anilines is 1. The summed E-state index contributed by atoms with van der Waals surface area (Å²) in [6.07, 6.45) is 2.49. The van der Waals surface area contributed by atoms with Gasteiger partial charge in [0.25, 0.3) is 5.91 Å². The first-order chi connectivity index (χ1) is 19.9. The second kappa shape index (κ2) is 12.8. The minimum absolute atomic E-state index is 0.205. The molecule has 2 atom stereocenters. The van der Waals surface area contributed by atoms with Gasteiger partial charge in [-0.1, -0.05) is 35.9 Å². The lowest BCUT2D eigenvalue weighted by atomic mass is 10.0. The van der Waals surface area contributed by atoms with Crippen molar-refractivity contribution in [3.8, 4) is 17.0 Å². The van der Waals surface area contributed by atoms with Gasteiger partial charge in [-0.3, -0.25) is 14.5 Å². The van der Waals surface area contributed by atoms with E-state index >= 15 is 0 Å². The Morgan fingerprint density at radius 1 is 1.22 bits per heavy atom. The zero-order chi connectivity index (χ0) is 28.9. The van der Waals surface area contributed by atoms with Crippen molar-refractivity contribution in [1.82, 2.24) is 20.2 Å². The van der Waals surface area contributed by atoms with E-state index in [0.717, 1.165) is 12.8 Å². The Hall–Kier alpha value is -3.77. The molecule has 3 N–H and O–H groups in total. The normalized spacial score (nSPS) is 17.7. The number of ether oxygens (including phenoxy) is 3. The van der Waals surface area contributed by atoms with Crippen molar-refractivity contribution in [2.45, 2.75) is 31.2 Å². The number of aliphatic hydroxyl groups excluding tert-OH is 1. The molecule has 0 radical (unpaired) electrons. The Morgan fingerprint density at radius 3 is 2.76 bits per heavy atom. The van der Waals surface area contributed by atoms with Gasteiger partial charge in [0.15, 0.2) is 6.23 Å². The zero-order valence-electron chi connectivity index (χ0n) is 22.8. The van der Waals surface area contributed by atoms with E-state index in [9.17, 15) is 14.7 Å². The molecule has 0 spiro atoms. The van der Waals surface area contributed by atoms with E-state index in [1.807, 2.05) is 6.07 Å². The third-order valence-corrected chi connectivity index (χ3v) is 7.49. The van der Waals surface area contributed by atoms with E-state index < -0.39 is 18.2 Å². The molecule has 2 aliphatic heterocycles. The zero-order valence-corrected chi connectivity index (χ0v) is 23.6. The molecule has 216 valence electrons. The van der Waals surface area contributed by atoms with Gasteiger partial charge in [0.1, 0.15) is 12.3 Å². The molecule has 3 aromatic rings. The molecule has 12 heteroatoms. The number of nitrogens with zero attached hydrogens (tertiary/aromatic N) is 3. The van der Waals surface area contributed by atoms with Crippen molar-refractivity contribution in [1.29, 1.82) is 0 Å². The maximum absolute atomic E-state index is 13.5. The number of benzene rings is 2. The SMILES string of the molecule is COc1cccc(C(CO)NC(=O)CN2C(=O)c3cc(-c4nc(NC5CCOCC5)ncc4Cl)ccc3[C@H]2OC)c1. The average Bonchev–Trinajstić information content (AvgIpc) is 3.26. The number of fused-ring (bicyclic) bond motifs is 1. The number of aromatic nitrogens is 2. The number of carbonyl (C=O) groups excluding carboxylic acids is 2. The molecule has 11 nitrogen and oxygen atoms in total. The highest BCUT2D eigenvalue weighted by molar-refractivity contribution is 6.33. The Kier molecular flexibility index (Phi) is 8.99. The first kappa shape index (κ1) is 28.7. The van der Waals surface area contributed by atoms with Crippen LogP contribution in [0.25, 0.3) is 11.3 Å². The third-order valence-electron chi connectivity index (χ3n) is 7.22. The lowest BCUT2D eigenvalue weighted by Gasteiger charge is -2.25. The molecule has 2 amide bonds. The van der Waals surface area contributed by atoms with Crippen LogP contribution in [0, 0.1) is 0 Å². The first-order valence-corrected chi connectivity index (χ1v) is 13.7. The van der Waals surface area contributed by atoms with E-state index in [-0.39, 0.29) is 25.1 Å². The molecule has 1 fully saturated rings. The predicted octanol–water partition coefficient (Wildman–Crippen LogP) is 3.35. The number of carbonyl (C=O) groups is 2. The fraction of sp³-hybridized carbons (Fsp3) is 0.379. The number of methoxy groups -OCH3 is 2. The standard InChI is InChI=1S/C29H32ClN5O6/c1-39-20-5-3-4-17(12-20)24(16-36)33-25(37)15-35-27(38)22-13-18(6-7-21(22)28(35)40-2)26-23(30)14-31-29(34-26)32-19-8-10-41-11-9-19/h3-7,12-14,19,24,28,36H,8-11,15-16H2,1-2H3,(H,33,37)(H,31,32,34)/t24?,28-/m1/s1. The van der Waals surface area contributed by atoms with Crippen LogP contribution in [0.1, 0.15) is 46.6 Å². The van der Waals surface area contributed by atoms with E-state index in [0.29, 0.717) is 57.9 Å². The molecule has 5 rings (SSSR count). The van der Waals surface area contributed by atoms with Gasteiger partial charge in [0.2, 0.25) is 11.9 Å². The second-order valence-electron chi connectivity index (χ2n) is 9.82. The highest BCUT2D eigenvalue weighted by Crippen LogP contribution is 2.37. The van der Waals surface area contributed by atoms with Gasteiger partial charge in [0, 0.05) is 43.1 Å². The Bertz CT molecular complexity index is 1420. The maximum Gasteiger partial charge on any atom is 0.257 e. The smallest absolute Gasteiger partial charge is 0.257 e. The summed E-state index contributed by atoms with van der Waals surface area (Å²) in [4.78, 5) is 36.9. The van der Waals surface area contributed by atoms with Crippen molar-refractivity contribution >= 4 is 29.4 Å². The van der Waals surface area contributed by atoms with Gasteiger partial charge in [-0.25, -0.2) is 9.97 Å². The summed E-state index contributed by atoms with van der Waals surface area (Å²) in [6.45, 7) is 0.772. The van der Waals surface area contributed by atoms with Crippen LogP contribution in [0.4, 0.5) is 5.95 Å². The van der Waals surface area contributed by atoms with Crippen LogP contribution in [0.2, 0.25) is 5.02 Å². The number of hydrogen-bond acceptors (Lipinski definition) is 9. The van der Waals surface area contributed by atoms with Crippen molar-refractivity contribution in [2.75, 3.05) is 45.9 Å². The summed E-state index contributed by atoms with van der Waals surface area (Å²) in [7, 11) is 3.02. The van der Waals surface area contributed by atoms with Crippen LogP contribution >= 0.6 is 11.6 Å². The van der Waals surface area contributed by atoms with Crippen LogP contribution in [0.5, 0.6) is 5.75 Å². The Morgan fingerprint density at radius 2 is 2.02 bits per heavy atom. The van der Waals surface area contributed by atoms with Gasteiger partial charge >= 0.3 is 0 Å². The van der Waals surface area contributed by atoms with Crippen LogP contribution in [0.3, 0.4) is 0 Å². The lowest BCUT2D eigenvalue weighted by Crippen LogP contribution is -2.41. The summed E-state index contributed by atoms with van der Waals surface area (Å²) in [5.74, 6) is 0.242. The molecule has 3 heterocycles. The van der Waals surface area contributed by atoms with Crippen molar-refractivity contribution < 1.29 is 28.9 Å². The fourth-order valence-corrected chi connectivity index (χ4v) is 5.29. The van der Waals surface area contributed by atoms with Gasteiger partial charge in [0.05, 0.1) is 36.7 Å². The number of aliphatic hydroxyl groups is 1. The maximum atomic E-state index is 13.5. The van der Waals surface area contributed by atoms with Gasteiger partial charge in [-0.05, 0) is 36.6 Å². The van der Waals surface area contributed by atoms with E-state index in [2.05, 4.69) is 20.6 Å². The fourth-order valence-electron chi connectivity index (χ4n) is 5.09. The Labute approximate surface area is 242 Å². The summed E-state index contributed by atoms with van der Waals surface area (Å²) in [5.41, 5.74) is 2.82. The van der Waals surface area contributed by atoms with Gasteiger partial charge in [-0.15, -0.1) is 0 Å². The minimum Gasteiger partial charge on any atom is -0.497 e. The molecule has 0 bridgehead atoms. The summed E-state index contributed by atoms with van der Waals surface area (Å²) in [6, 6.07) is 11.9. The summed E-state index contributed by atoms with van der Waals surface area (Å²) < 4.78 is 16.3. The second-order valence-corrected chi connectivity index (χ2v) is 10.2. The number of hydrogen-bond donors (Lipinski definition) is 3. The Balaban J connectivity index is 1.33. The predicted molar refractivity (Wildman–Crippen MR) is 152 cm³/mol. The molecular weight excluding hydrogens is 550 g/mol. The number of halogens is 1. The van der Waals surface area contributed by atoms with E-state index in [4.69, 9.17) is 25.8 Å². The summed E-state index contributed by atoms with van der Waals surface area (Å²) in [5, 5.41) is 16.4. The lowest BCUT2D eigenvalue weighted by molar-refractivity contribution is -0.125. The van der Waals surface area contributed by atoms with Crippen molar-refractivity contribution in [2.24, 2.45) is 0 Å². The van der Waals surface area contributed by atoms with Crippen LogP contribution in [-0.2, 0) is 14.3 Å². The van der Waals surface area contributed by atoms with Gasteiger partial charge < -0.3 is 30.0 Å². The molecule has 2 aliphatic rings. The molecule has 41 heavy (non-hydrogen) atoms. The molecule has 0 aliphatic carbocycles. The van der Waals surface area contributed by atoms with Crippen LogP contribution in [0.15, 0.2) is 48.7 Å². The minimum atomic E-state index is -0.756. The molecule has 1 unspecified atom stereocenters. The van der Waals surface area contributed by atoms with Crippen LogP contribution in [-0.4, -0.2) is 78.4 Å². The van der Waals surface area contributed by atoms with Gasteiger partial charge in [-0.2, -0.15) is 0 Å². The topological polar surface area (TPSA) is 135 Å². The largest absolute Gasteiger partial charge is 0.497 e. The molecule has 1 saturated heterocycles.